The Morgan fingerprint density at radius 3 is 2.09 bits per heavy atom. The van der Waals surface area contributed by atoms with E-state index in [-0.39, 0.29) is 11.6 Å². The van der Waals surface area contributed by atoms with E-state index in [2.05, 4.69) is 6.92 Å². The topological polar surface area (TPSA) is 0 Å². The molecule has 0 aromatic heterocycles. The summed E-state index contributed by atoms with van der Waals surface area (Å²) in [5, 5.41) is 0. The van der Waals surface area contributed by atoms with Crippen LogP contribution < -0.4 is 0 Å². The molecule has 0 saturated carbocycles. The van der Waals surface area contributed by atoms with Gasteiger partial charge in [0.2, 0.25) is 0 Å². The van der Waals surface area contributed by atoms with Crippen LogP contribution in [0, 0.1) is 11.6 Å². The van der Waals surface area contributed by atoms with Crippen molar-refractivity contribution in [2.45, 2.75) is 19.8 Å². The Balaban J connectivity index is 2.09. The minimum Gasteiger partial charge on any atom is -0.207 e. The summed E-state index contributed by atoms with van der Waals surface area (Å²) in [5.41, 5.74) is 4.17. The van der Waals surface area contributed by atoms with Gasteiger partial charge in [-0.3, -0.25) is 0 Å². The highest BCUT2D eigenvalue weighted by Crippen LogP contribution is 2.33. The molecule has 116 valence electrons. The lowest BCUT2D eigenvalue weighted by Gasteiger charge is -2.12. The minimum absolute atomic E-state index is 0.217. The van der Waals surface area contributed by atoms with Crippen LogP contribution in [-0.4, -0.2) is 0 Å². The van der Waals surface area contributed by atoms with Crippen LogP contribution in [0.2, 0.25) is 0 Å². The van der Waals surface area contributed by atoms with Crippen molar-refractivity contribution >= 4 is 0 Å². The molecule has 3 aromatic carbocycles. The van der Waals surface area contributed by atoms with Crippen LogP contribution >= 0.6 is 0 Å². The Labute approximate surface area is 135 Å². The van der Waals surface area contributed by atoms with Crippen molar-refractivity contribution in [3.63, 3.8) is 0 Å². The molecule has 0 aliphatic rings. The molecular formula is C21H18F2. The first-order valence-electron chi connectivity index (χ1n) is 7.83. The van der Waals surface area contributed by atoms with E-state index < -0.39 is 0 Å². The zero-order chi connectivity index (χ0) is 16.2. The van der Waals surface area contributed by atoms with E-state index in [4.69, 9.17) is 0 Å². The van der Waals surface area contributed by atoms with E-state index in [9.17, 15) is 8.78 Å². The van der Waals surface area contributed by atoms with Crippen molar-refractivity contribution in [3.05, 3.63) is 83.9 Å². The molecule has 2 heteroatoms. The molecule has 0 bridgehead atoms. The number of rotatable bonds is 4. The molecular weight excluding hydrogens is 290 g/mol. The maximum atomic E-state index is 14.6. The first kappa shape index (κ1) is 15.4. The van der Waals surface area contributed by atoms with Gasteiger partial charge in [0.1, 0.15) is 11.6 Å². The molecule has 0 radical (unpaired) electrons. The largest absolute Gasteiger partial charge is 0.207 e. The average molecular weight is 308 g/mol. The Morgan fingerprint density at radius 1 is 0.739 bits per heavy atom. The fraction of sp³-hybridized carbons (Fsp3) is 0.143. The normalized spacial score (nSPS) is 10.7. The summed E-state index contributed by atoms with van der Waals surface area (Å²) in [7, 11) is 0. The van der Waals surface area contributed by atoms with Gasteiger partial charge in [-0.2, -0.15) is 0 Å². The molecule has 0 unspecified atom stereocenters. The van der Waals surface area contributed by atoms with Gasteiger partial charge < -0.3 is 0 Å². The van der Waals surface area contributed by atoms with Crippen LogP contribution in [-0.2, 0) is 6.42 Å². The van der Waals surface area contributed by atoms with Crippen molar-refractivity contribution in [2.24, 2.45) is 0 Å². The molecule has 23 heavy (non-hydrogen) atoms. The van der Waals surface area contributed by atoms with Crippen LogP contribution in [0.5, 0.6) is 0 Å². The highest BCUT2D eigenvalue weighted by atomic mass is 19.1. The number of halogens is 2. The predicted molar refractivity (Wildman–Crippen MR) is 91.2 cm³/mol. The number of hydrogen-bond acceptors (Lipinski definition) is 0. The second-order valence-corrected chi connectivity index (χ2v) is 5.62. The smallest absolute Gasteiger partial charge is 0.131 e. The Bertz CT molecular complexity index is 804. The van der Waals surface area contributed by atoms with Crippen LogP contribution in [0.15, 0.2) is 66.7 Å². The van der Waals surface area contributed by atoms with E-state index in [1.165, 1.54) is 12.1 Å². The highest BCUT2D eigenvalue weighted by molar-refractivity contribution is 5.83. The highest BCUT2D eigenvalue weighted by Gasteiger charge is 2.11. The number of aryl methyl sites for hydroxylation is 1. The van der Waals surface area contributed by atoms with Crippen molar-refractivity contribution in [2.75, 3.05) is 0 Å². The molecule has 0 aliphatic carbocycles. The van der Waals surface area contributed by atoms with Crippen molar-refractivity contribution in [1.82, 2.24) is 0 Å². The monoisotopic (exact) mass is 308 g/mol. The van der Waals surface area contributed by atoms with Gasteiger partial charge in [-0.15, -0.1) is 0 Å². The van der Waals surface area contributed by atoms with Crippen molar-refractivity contribution < 1.29 is 8.78 Å². The summed E-state index contributed by atoms with van der Waals surface area (Å²) >= 11 is 0. The predicted octanol–water partition coefficient (Wildman–Crippen LogP) is 6.25. The van der Waals surface area contributed by atoms with Gasteiger partial charge in [-0.1, -0.05) is 61.9 Å². The molecule has 0 N–H and O–H groups in total. The standard InChI is InChI=1S/C21H18F2/c1-2-5-15-8-13-20(21(23)14-15)19-7-4-3-6-18(19)16-9-11-17(22)12-10-16/h3-4,6-14H,2,5H2,1H3. The van der Waals surface area contributed by atoms with E-state index in [0.29, 0.717) is 5.56 Å². The molecule has 0 nitrogen and oxygen atoms in total. The summed E-state index contributed by atoms with van der Waals surface area (Å²) in [6, 6.07) is 19.3. The number of hydrogen-bond donors (Lipinski definition) is 0. The fourth-order valence-electron chi connectivity index (χ4n) is 2.82. The maximum absolute atomic E-state index is 14.6. The minimum atomic E-state index is -0.277. The third-order valence-corrected chi connectivity index (χ3v) is 3.94. The van der Waals surface area contributed by atoms with Gasteiger partial charge in [0.05, 0.1) is 0 Å². The second-order valence-electron chi connectivity index (χ2n) is 5.62. The van der Waals surface area contributed by atoms with Gasteiger partial charge in [0.25, 0.3) is 0 Å². The summed E-state index contributed by atoms with van der Waals surface area (Å²) in [6.45, 7) is 2.08. The SMILES string of the molecule is CCCc1ccc(-c2ccccc2-c2ccc(F)cc2)c(F)c1. The molecule has 0 fully saturated rings. The third kappa shape index (κ3) is 3.31. The molecule has 0 saturated heterocycles. The van der Waals surface area contributed by atoms with E-state index in [1.54, 1.807) is 18.2 Å². The second kappa shape index (κ2) is 6.74. The average Bonchev–Trinajstić information content (AvgIpc) is 2.56. The van der Waals surface area contributed by atoms with Crippen molar-refractivity contribution in [3.8, 4) is 22.3 Å². The lowest BCUT2D eigenvalue weighted by atomic mass is 9.93. The van der Waals surface area contributed by atoms with Gasteiger partial charge in [0, 0.05) is 5.56 Å². The van der Waals surface area contributed by atoms with Crippen LogP contribution in [0.1, 0.15) is 18.9 Å². The maximum Gasteiger partial charge on any atom is 0.131 e. The third-order valence-electron chi connectivity index (χ3n) is 3.94. The first-order valence-corrected chi connectivity index (χ1v) is 7.83. The molecule has 0 atom stereocenters. The Morgan fingerprint density at radius 2 is 1.43 bits per heavy atom. The van der Waals surface area contributed by atoms with Gasteiger partial charge in [0.15, 0.2) is 0 Å². The van der Waals surface area contributed by atoms with Crippen LogP contribution in [0.4, 0.5) is 8.78 Å². The summed E-state index contributed by atoms with van der Waals surface area (Å²) in [5.74, 6) is -0.494. The van der Waals surface area contributed by atoms with E-state index >= 15 is 0 Å². The van der Waals surface area contributed by atoms with Crippen molar-refractivity contribution in [1.29, 1.82) is 0 Å². The zero-order valence-corrected chi connectivity index (χ0v) is 13.0. The molecule has 0 aliphatic heterocycles. The van der Waals surface area contributed by atoms with Gasteiger partial charge in [-0.25, -0.2) is 8.78 Å². The van der Waals surface area contributed by atoms with E-state index in [0.717, 1.165) is 35.1 Å². The Kier molecular flexibility index (Phi) is 4.52. The molecule has 3 aromatic rings. The summed E-state index contributed by atoms with van der Waals surface area (Å²) in [4.78, 5) is 0. The fourth-order valence-corrected chi connectivity index (χ4v) is 2.82. The summed E-state index contributed by atoms with van der Waals surface area (Å²) < 4.78 is 27.7. The molecule has 3 rings (SSSR count). The van der Waals surface area contributed by atoms with Crippen LogP contribution in [0.3, 0.4) is 0 Å². The lowest BCUT2D eigenvalue weighted by Crippen LogP contribution is -1.91. The Hall–Kier alpha value is -2.48. The van der Waals surface area contributed by atoms with E-state index in [1.807, 2.05) is 36.4 Å². The molecule has 0 heterocycles. The van der Waals surface area contributed by atoms with Crippen LogP contribution in [0.25, 0.3) is 22.3 Å². The number of benzene rings is 3. The lowest BCUT2D eigenvalue weighted by molar-refractivity contribution is 0.627. The quantitative estimate of drug-likeness (QED) is 0.534. The van der Waals surface area contributed by atoms with Gasteiger partial charge in [-0.05, 0) is 46.9 Å². The zero-order valence-electron chi connectivity index (χ0n) is 13.0. The summed E-state index contributed by atoms with van der Waals surface area (Å²) in [6.07, 6.45) is 1.86. The molecule has 0 spiro atoms. The molecule has 0 amide bonds. The van der Waals surface area contributed by atoms with Gasteiger partial charge >= 0.3 is 0 Å². The first-order chi connectivity index (χ1) is 11.2.